The normalized spacial score (nSPS) is 19.6. The Hall–Kier alpha value is -1.79. The summed E-state index contributed by atoms with van der Waals surface area (Å²) in [5.41, 5.74) is 1.46. The minimum Gasteiger partial charge on any atom is -0.465 e. The lowest BCUT2D eigenvalue weighted by molar-refractivity contribution is -0.376. The first-order valence-electron chi connectivity index (χ1n) is 8.99. The summed E-state index contributed by atoms with van der Waals surface area (Å²) in [6, 6.07) is 14.3. The second-order valence-corrected chi connectivity index (χ2v) is 8.83. The summed E-state index contributed by atoms with van der Waals surface area (Å²) < 4.78 is 0. The van der Waals surface area contributed by atoms with Crippen LogP contribution in [0.1, 0.15) is 38.0 Å². The number of amides is 1. The number of nitrogens with zero attached hydrogens (tertiary/aromatic N) is 1. The van der Waals surface area contributed by atoms with Crippen LogP contribution < -0.4 is 0 Å². The Bertz CT molecular complexity index is 772. The van der Waals surface area contributed by atoms with Gasteiger partial charge in [-0.2, -0.15) is 0 Å². The van der Waals surface area contributed by atoms with Crippen LogP contribution >= 0.6 is 23.2 Å². The van der Waals surface area contributed by atoms with Gasteiger partial charge in [0.2, 0.25) is 0 Å². The fourth-order valence-electron chi connectivity index (χ4n) is 3.48. The van der Waals surface area contributed by atoms with Crippen molar-refractivity contribution in [3.8, 4) is 0 Å². The molecule has 0 spiro atoms. The molecule has 1 amide bonds. The molecular formula is C21H23Cl2NO4. The van der Waals surface area contributed by atoms with Crippen LogP contribution in [-0.2, 0) is 9.78 Å². The smallest absolute Gasteiger partial charge is 0.407 e. The molecule has 28 heavy (non-hydrogen) atoms. The van der Waals surface area contributed by atoms with Crippen LogP contribution in [0.15, 0.2) is 48.5 Å². The van der Waals surface area contributed by atoms with E-state index in [9.17, 15) is 9.90 Å². The summed E-state index contributed by atoms with van der Waals surface area (Å²) in [5.74, 6) is 0. The third kappa shape index (κ3) is 4.61. The number of rotatable bonds is 5. The van der Waals surface area contributed by atoms with Gasteiger partial charge in [-0.1, -0.05) is 68.2 Å². The Morgan fingerprint density at radius 1 is 1.04 bits per heavy atom. The predicted molar refractivity (Wildman–Crippen MR) is 109 cm³/mol. The van der Waals surface area contributed by atoms with E-state index in [1.807, 2.05) is 45.0 Å². The van der Waals surface area contributed by atoms with Crippen molar-refractivity contribution in [2.24, 2.45) is 5.41 Å². The quantitative estimate of drug-likeness (QED) is 0.486. The SMILES string of the molecule is CC(C)(C)C1C(OOC(c2ccc(Cl)cc2)c2ccc(Cl)cc2)CN1C(=O)O. The zero-order valence-corrected chi connectivity index (χ0v) is 17.4. The maximum absolute atomic E-state index is 11.4. The lowest BCUT2D eigenvalue weighted by Gasteiger charge is -2.51. The Morgan fingerprint density at radius 3 is 1.89 bits per heavy atom. The van der Waals surface area contributed by atoms with E-state index >= 15 is 0 Å². The average molecular weight is 424 g/mol. The van der Waals surface area contributed by atoms with Gasteiger partial charge < -0.3 is 5.11 Å². The Balaban J connectivity index is 1.79. The Labute approximate surface area is 174 Å². The largest absolute Gasteiger partial charge is 0.465 e. The van der Waals surface area contributed by atoms with Crippen LogP contribution in [0.2, 0.25) is 10.0 Å². The van der Waals surface area contributed by atoms with Crippen molar-refractivity contribution in [2.45, 2.75) is 39.0 Å². The highest BCUT2D eigenvalue weighted by Crippen LogP contribution is 2.37. The third-order valence-electron chi connectivity index (χ3n) is 4.82. The summed E-state index contributed by atoms with van der Waals surface area (Å²) >= 11 is 12.0. The van der Waals surface area contributed by atoms with Gasteiger partial charge in [-0.05, 0) is 40.8 Å². The van der Waals surface area contributed by atoms with Crippen molar-refractivity contribution in [3.05, 3.63) is 69.7 Å². The van der Waals surface area contributed by atoms with E-state index in [0.29, 0.717) is 10.0 Å². The van der Waals surface area contributed by atoms with Gasteiger partial charge in [-0.3, -0.25) is 4.90 Å². The van der Waals surface area contributed by atoms with Gasteiger partial charge in [-0.15, -0.1) is 0 Å². The summed E-state index contributed by atoms with van der Waals surface area (Å²) in [6.45, 7) is 6.22. The van der Waals surface area contributed by atoms with Crippen molar-refractivity contribution >= 4 is 29.3 Å². The highest BCUT2D eigenvalue weighted by molar-refractivity contribution is 6.30. The summed E-state index contributed by atoms with van der Waals surface area (Å²) in [7, 11) is 0. The monoisotopic (exact) mass is 423 g/mol. The van der Waals surface area contributed by atoms with Gasteiger partial charge in [0.25, 0.3) is 0 Å². The highest BCUT2D eigenvalue weighted by Gasteiger charge is 2.50. The zero-order chi connectivity index (χ0) is 20.5. The molecule has 1 aliphatic heterocycles. The van der Waals surface area contributed by atoms with Gasteiger partial charge >= 0.3 is 6.09 Å². The molecule has 1 aliphatic rings. The summed E-state index contributed by atoms with van der Waals surface area (Å²) in [5, 5.41) is 10.6. The molecule has 2 unspecified atom stereocenters. The van der Waals surface area contributed by atoms with Crippen LogP contribution in [0.4, 0.5) is 4.79 Å². The number of hydrogen-bond donors (Lipinski definition) is 1. The molecule has 0 saturated carbocycles. The molecule has 2 aromatic rings. The van der Waals surface area contributed by atoms with E-state index in [-0.39, 0.29) is 24.1 Å². The van der Waals surface area contributed by atoms with Gasteiger partial charge in [0.1, 0.15) is 12.2 Å². The fourth-order valence-corrected chi connectivity index (χ4v) is 3.73. The molecule has 7 heteroatoms. The van der Waals surface area contributed by atoms with E-state index < -0.39 is 12.2 Å². The molecule has 5 nitrogen and oxygen atoms in total. The minimum absolute atomic E-state index is 0.269. The molecule has 1 N–H and O–H groups in total. The van der Waals surface area contributed by atoms with Crippen molar-refractivity contribution in [2.75, 3.05) is 6.54 Å². The standard InChI is InChI=1S/C21H23Cl2NO4/c1-21(2,3)19-17(12-24(19)20(25)26)27-28-18(13-4-8-15(22)9-5-13)14-6-10-16(23)11-7-14/h4-11,17-19H,12H2,1-3H3,(H,25,26). The lowest BCUT2D eigenvalue weighted by atomic mass is 9.77. The number of carbonyl (C=O) groups is 1. The third-order valence-corrected chi connectivity index (χ3v) is 5.32. The molecule has 0 aromatic heterocycles. The first-order valence-corrected chi connectivity index (χ1v) is 9.75. The molecule has 0 bridgehead atoms. The van der Waals surface area contributed by atoms with E-state index in [4.69, 9.17) is 33.0 Å². The molecule has 1 fully saturated rings. The molecule has 150 valence electrons. The predicted octanol–water partition coefficient (Wildman–Crippen LogP) is 5.81. The molecule has 0 radical (unpaired) electrons. The molecular weight excluding hydrogens is 401 g/mol. The molecule has 3 rings (SSSR count). The van der Waals surface area contributed by atoms with Gasteiger partial charge in [0, 0.05) is 10.0 Å². The van der Waals surface area contributed by atoms with Gasteiger partial charge in [0.15, 0.2) is 0 Å². The molecule has 2 aromatic carbocycles. The highest BCUT2D eigenvalue weighted by atomic mass is 35.5. The van der Waals surface area contributed by atoms with E-state index in [1.54, 1.807) is 24.3 Å². The molecule has 1 heterocycles. The van der Waals surface area contributed by atoms with Gasteiger partial charge in [0.05, 0.1) is 12.6 Å². The second kappa shape index (κ2) is 8.29. The minimum atomic E-state index is -0.952. The van der Waals surface area contributed by atoms with E-state index in [2.05, 4.69) is 0 Å². The summed E-state index contributed by atoms with van der Waals surface area (Å²) in [4.78, 5) is 24.4. The Morgan fingerprint density at radius 2 is 1.50 bits per heavy atom. The topological polar surface area (TPSA) is 59.0 Å². The van der Waals surface area contributed by atoms with E-state index in [0.717, 1.165) is 11.1 Å². The first kappa shape index (κ1) is 20.9. The average Bonchev–Trinajstić information content (AvgIpc) is 2.58. The molecule has 2 atom stereocenters. The molecule has 0 aliphatic carbocycles. The van der Waals surface area contributed by atoms with Crippen LogP contribution in [0.3, 0.4) is 0 Å². The van der Waals surface area contributed by atoms with Crippen LogP contribution in [0.25, 0.3) is 0 Å². The zero-order valence-electron chi connectivity index (χ0n) is 15.9. The summed E-state index contributed by atoms with van der Waals surface area (Å²) in [6.07, 6.45) is -1.79. The van der Waals surface area contributed by atoms with Crippen molar-refractivity contribution in [1.82, 2.24) is 4.90 Å². The van der Waals surface area contributed by atoms with Crippen LogP contribution in [0.5, 0.6) is 0 Å². The Kier molecular flexibility index (Phi) is 6.20. The van der Waals surface area contributed by atoms with E-state index in [1.165, 1.54) is 4.90 Å². The number of likely N-dealkylation sites (tertiary alicyclic amines) is 1. The molecule has 1 saturated heterocycles. The number of halogens is 2. The first-order chi connectivity index (χ1) is 13.2. The van der Waals surface area contributed by atoms with Crippen molar-refractivity contribution in [3.63, 3.8) is 0 Å². The fraction of sp³-hybridized carbons (Fsp3) is 0.381. The van der Waals surface area contributed by atoms with Crippen molar-refractivity contribution < 1.29 is 19.7 Å². The number of benzene rings is 2. The second-order valence-electron chi connectivity index (χ2n) is 7.96. The van der Waals surface area contributed by atoms with Gasteiger partial charge in [-0.25, -0.2) is 14.6 Å². The van der Waals surface area contributed by atoms with Crippen LogP contribution in [-0.4, -0.2) is 34.8 Å². The number of carboxylic acid groups (broad SMARTS) is 1. The lowest BCUT2D eigenvalue weighted by Crippen LogP contribution is -2.67. The maximum Gasteiger partial charge on any atom is 0.407 e. The maximum atomic E-state index is 11.4. The number of hydrogen-bond acceptors (Lipinski definition) is 3. The van der Waals surface area contributed by atoms with Crippen LogP contribution in [0, 0.1) is 5.41 Å². The van der Waals surface area contributed by atoms with Crippen molar-refractivity contribution in [1.29, 1.82) is 0 Å².